The van der Waals surface area contributed by atoms with Crippen molar-refractivity contribution in [3.8, 4) is 0 Å². The van der Waals surface area contributed by atoms with Gasteiger partial charge in [-0.05, 0) is 0 Å². The van der Waals surface area contributed by atoms with Crippen molar-refractivity contribution < 1.29 is 9.32 Å². The van der Waals surface area contributed by atoms with Gasteiger partial charge in [-0.3, -0.25) is 10.1 Å². The van der Waals surface area contributed by atoms with Gasteiger partial charge in [0, 0.05) is 6.07 Å². The van der Waals surface area contributed by atoms with E-state index in [1.165, 1.54) is 18.6 Å². The van der Waals surface area contributed by atoms with E-state index < -0.39 is 5.91 Å². The zero-order valence-electron chi connectivity index (χ0n) is 6.39. The van der Waals surface area contributed by atoms with Gasteiger partial charge in [0.2, 0.25) is 11.7 Å². The topological polar surface area (TPSA) is 96.7 Å². The summed E-state index contributed by atoms with van der Waals surface area (Å²) in [5.41, 5.74) is 0. The van der Waals surface area contributed by atoms with Crippen molar-refractivity contribution in [2.24, 2.45) is 0 Å². The second kappa shape index (κ2) is 3.05. The standard InChI is InChI=1S/C6H5N5O2/c12-5(4-1-2-9-13-4)10-6-7-3-8-11-6/h1-3H,(H2,7,8,10,11,12). The van der Waals surface area contributed by atoms with Crippen LogP contribution >= 0.6 is 0 Å². The number of H-pyrrole nitrogens is 1. The van der Waals surface area contributed by atoms with E-state index in [0.29, 0.717) is 0 Å². The minimum atomic E-state index is -0.422. The van der Waals surface area contributed by atoms with Gasteiger partial charge in [0.1, 0.15) is 6.33 Å². The van der Waals surface area contributed by atoms with E-state index >= 15 is 0 Å². The van der Waals surface area contributed by atoms with Gasteiger partial charge < -0.3 is 4.52 Å². The van der Waals surface area contributed by atoms with Crippen LogP contribution in [0.25, 0.3) is 0 Å². The van der Waals surface area contributed by atoms with Crippen molar-refractivity contribution in [3.63, 3.8) is 0 Å². The summed E-state index contributed by atoms with van der Waals surface area (Å²) in [5, 5.41) is 11.8. The number of aromatic nitrogens is 4. The number of rotatable bonds is 2. The lowest BCUT2D eigenvalue weighted by Gasteiger charge is -1.94. The van der Waals surface area contributed by atoms with Crippen LogP contribution in [-0.2, 0) is 0 Å². The third kappa shape index (κ3) is 1.53. The van der Waals surface area contributed by atoms with E-state index in [1.54, 1.807) is 0 Å². The number of amides is 1. The predicted octanol–water partition coefficient (Wildman–Crippen LogP) is 0.0450. The van der Waals surface area contributed by atoms with Gasteiger partial charge in [0.05, 0.1) is 6.20 Å². The normalized spacial score (nSPS) is 9.85. The lowest BCUT2D eigenvalue weighted by Crippen LogP contribution is -2.11. The van der Waals surface area contributed by atoms with Crippen LogP contribution < -0.4 is 5.32 Å². The molecule has 0 saturated carbocycles. The molecule has 7 heteroatoms. The van der Waals surface area contributed by atoms with Crippen molar-refractivity contribution in [1.29, 1.82) is 0 Å². The Bertz CT molecular complexity index is 379. The Hall–Kier alpha value is -2.18. The number of anilines is 1. The van der Waals surface area contributed by atoms with Crippen LogP contribution in [0.2, 0.25) is 0 Å². The first-order valence-electron chi connectivity index (χ1n) is 3.43. The Morgan fingerprint density at radius 1 is 1.62 bits per heavy atom. The zero-order chi connectivity index (χ0) is 9.10. The molecule has 0 bridgehead atoms. The van der Waals surface area contributed by atoms with Crippen LogP contribution in [0.1, 0.15) is 10.6 Å². The number of aromatic amines is 1. The van der Waals surface area contributed by atoms with Crippen LogP contribution in [0.5, 0.6) is 0 Å². The number of nitrogens with zero attached hydrogens (tertiary/aromatic N) is 3. The van der Waals surface area contributed by atoms with Crippen molar-refractivity contribution in [3.05, 3.63) is 24.4 Å². The van der Waals surface area contributed by atoms with Crippen LogP contribution in [0.15, 0.2) is 23.1 Å². The summed E-state index contributed by atoms with van der Waals surface area (Å²) in [6, 6.07) is 1.45. The van der Waals surface area contributed by atoms with Crippen LogP contribution in [0.4, 0.5) is 5.95 Å². The first kappa shape index (κ1) is 7.47. The third-order valence-electron chi connectivity index (χ3n) is 1.31. The molecule has 2 N–H and O–H groups in total. The molecule has 2 rings (SSSR count). The molecule has 13 heavy (non-hydrogen) atoms. The van der Waals surface area contributed by atoms with Gasteiger partial charge in [-0.2, -0.15) is 10.1 Å². The minimum absolute atomic E-state index is 0.122. The van der Waals surface area contributed by atoms with Gasteiger partial charge in [-0.25, -0.2) is 5.10 Å². The lowest BCUT2D eigenvalue weighted by molar-refractivity contribution is 0.0987. The Kier molecular flexibility index (Phi) is 1.75. The Morgan fingerprint density at radius 3 is 3.15 bits per heavy atom. The van der Waals surface area contributed by atoms with Crippen LogP contribution in [-0.4, -0.2) is 26.2 Å². The second-order valence-corrected chi connectivity index (χ2v) is 2.16. The van der Waals surface area contributed by atoms with Gasteiger partial charge in [0.15, 0.2) is 0 Å². The van der Waals surface area contributed by atoms with Gasteiger partial charge in [0.25, 0.3) is 5.91 Å². The maximum atomic E-state index is 11.2. The largest absolute Gasteiger partial charge is 0.351 e. The molecule has 0 aliphatic carbocycles. The summed E-state index contributed by atoms with van der Waals surface area (Å²) in [5.74, 6) is -0.0351. The summed E-state index contributed by atoms with van der Waals surface area (Å²) in [4.78, 5) is 14.9. The molecule has 0 aliphatic rings. The summed E-state index contributed by atoms with van der Waals surface area (Å²) in [6.45, 7) is 0. The molecular weight excluding hydrogens is 174 g/mol. The number of hydrogen-bond acceptors (Lipinski definition) is 5. The Balaban J connectivity index is 2.08. The fourth-order valence-electron chi connectivity index (χ4n) is 0.768. The highest BCUT2D eigenvalue weighted by molar-refractivity contribution is 6.00. The molecule has 66 valence electrons. The molecule has 1 amide bonds. The minimum Gasteiger partial charge on any atom is -0.351 e. The monoisotopic (exact) mass is 179 g/mol. The molecule has 2 heterocycles. The molecule has 0 spiro atoms. The van der Waals surface area contributed by atoms with Gasteiger partial charge in [-0.1, -0.05) is 5.16 Å². The third-order valence-corrected chi connectivity index (χ3v) is 1.31. The van der Waals surface area contributed by atoms with Gasteiger partial charge >= 0.3 is 0 Å². The highest BCUT2D eigenvalue weighted by Crippen LogP contribution is 2.00. The number of carbonyl (C=O) groups excluding carboxylic acids is 1. The highest BCUT2D eigenvalue weighted by Gasteiger charge is 2.10. The lowest BCUT2D eigenvalue weighted by atomic mass is 10.4. The molecule has 0 aromatic carbocycles. The molecule has 0 aliphatic heterocycles. The Labute approximate surface area is 72.1 Å². The van der Waals surface area contributed by atoms with E-state index in [4.69, 9.17) is 0 Å². The fourth-order valence-corrected chi connectivity index (χ4v) is 0.768. The zero-order valence-corrected chi connectivity index (χ0v) is 6.39. The first-order valence-corrected chi connectivity index (χ1v) is 3.43. The molecule has 2 aromatic heterocycles. The van der Waals surface area contributed by atoms with Crippen molar-refractivity contribution in [2.75, 3.05) is 5.32 Å². The maximum Gasteiger partial charge on any atom is 0.296 e. The summed E-state index contributed by atoms with van der Waals surface area (Å²) in [6.07, 6.45) is 2.67. The summed E-state index contributed by atoms with van der Waals surface area (Å²) in [7, 11) is 0. The number of nitrogens with one attached hydrogen (secondary N) is 2. The first-order chi connectivity index (χ1) is 6.36. The molecule has 0 unspecified atom stereocenters. The van der Waals surface area contributed by atoms with E-state index in [1.807, 2.05) is 0 Å². The number of carbonyl (C=O) groups is 1. The van der Waals surface area contributed by atoms with Crippen molar-refractivity contribution in [2.45, 2.75) is 0 Å². The fraction of sp³-hybridized carbons (Fsp3) is 0. The molecule has 0 saturated heterocycles. The SMILES string of the molecule is O=C(Nc1ncn[nH]1)c1ccno1. The molecule has 7 nitrogen and oxygen atoms in total. The molecule has 0 fully saturated rings. The van der Waals surface area contributed by atoms with Crippen LogP contribution in [0.3, 0.4) is 0 Å². The van der Waals surface area contributed by atoms with Gasteiger partial charge in [-0.15, -0.1) is 0 Å². The van der Waals surface area contributed by atoms with E-state index in [9.17, 15) is 4.79 Å². The van der Waals surface area contributed by atoms with Crippen LogP contribution in [0, 0.1) is 0 Å². The molecular formula is C6H5N5O2. The molecule has 2 aromatic rings. The number of hydrogen-bond donors (Lipinski definition) is 2. The molecule has 0 atom stereocenters. The Morgan fingerprint density at radius 2 is 2.54 bits per heavy atom. The molecule has 0 radical (unpaired) electrons. The van der Waals surface area contributed by atoms with E-state index in [2.05, 4.69) is 30.2 Å². The summed E-state index contributed by atoms with van der Waals surface area (Å²) < 4.78 is 4.62. The average molecular weight is 179 g/mol. The predicted molar refractivity (Wildman–Crippen MR) is 40.8 cm³/mol. The van der Waals surface area contributed by atoms with Crippen molar-refractivity contribution in [1.82, 2.24) is 20.3 Å². The van der Waals surface area contributed by atoms with Crippen molar-refractivity contribution >= 4 is 11.9 Å². The average Bonchev–Trinajstić information content (AvgIpc) is 2.74. The summed E-state index contributed by atoms with van der Waals surface area (Å²) >= 11 is 0. The second-order valence-electron chi connectivity index (χ2n) is 2.16. The van der Waals surface area contributed by atoms with E-state index in [-0.39, 0.29) is 11.7 Å². The maximum absolute atomic E-state index is 11.2. The smallest absolute Gasteiger partial charge is 0.296 e. The van der Waals surface area contributed by atoms with E-state index in [0.717, 1.165) is 0 Å². The highest BCUT2D eigenvalue weighted by atomic mass is 16.5. The quantitative estimate of drug-likeness (QED) is 0.678.